The van der Waals surface area contributed by atoms with Crippen LogP contribution in [-0.2, 0) is 17.9 Å². The van der Waals surface area contributed by atoms with Crippen molar-refractivity contribution >= 4 is 39.7 Å². The van der Waals surface area contributed by atoms with Crippen molar-refractivity contribution in [2.75, 3.05) is 12.3 Å². The van der Waals surface area contributed by atoms with Crippen LogP contribution in [0.3, 0.4) is 0 Å². The zero-order chi connectivity index (χ0) is 27.1. The molecule has 12 heteroatoms. The first-order valence-corrected chi connectivity index (χ1v) is 14.1. The highest BCUT2D eigenvalue weighted by Gasteiger charge is 2.42. The van der Waals surface area contributed by atoms with E-state index >= 15 is 0 Å². The van der Waals surface area contributed by atoms with Crippen LogP contribution in [0.5, 0.6) is 5.88 Å². The predicted molar refractivity (Wildman–Crippen MR) is 149 cm³/mol. The van der Waals surface area contributed by atoms with E-state index in [4.69, 9.17) is 15.2 Å². The van der Waals surface area contributed by atoms with Gasteiger partial charge in [0.2, 0.25) is 11.8 Å². The maximum absolute atomic E-state index is 10.1. The van der Waals surface area contributed by atoms with E-state index in [0.29, 0.717) is 30.1 Å². The van der Waals surface area contributed by atoms with Crippen LogP contribution in [0, 0.1) is 3.57 Å². The van der Waals surface area contributed by atoms with E-state index in [1.165, 1.54) is 0 Å². The standard InChI is InChI=1S/C26H36IN5O6/c27-17-9-7-8-16(12-17)14-37-25-20-24(30-26(28)31-25)32(15-29-20)11-6-4-2-1-3-5-10-18-21(34)23(36)22(35)19(13-33)38-18/h7-9,12,15,18-19,21-23,33-36H,1-6,10-11,13-14H2,(H2,28,30,31)/t18-,19+,21-,22+,23+/m0/s1/i27+4. The van der Waals surface area contributed by atoms with Crippen LogP contribution in [0.4, 0.5) is 5.95 Å². The number of anilines is 1. The van der Waals surface area contributed by atoms with Crippen LogP contribution in [0.1, 0.15) is 50.5 Å². The van der Waals surface area contributed by atoms with E-state index in [-0.39, 0.29) is 5.95 Å². The van der Waals surface area contributed by atoms with Crippen molar-refractivity contribution in [3.8, 4) is 5.88 Å². The number of aromatic nitrogens is 4. The molecule has 11 nitrogen and oxygen atoms in total. The molecule has 6 N–H and O–H groups in total. The number of halogens is 1. The molecule has 0 spiro atoms. The first-order valence-electron chi connectivity index (χ1n) is 13.0. The number of hydrogen-bond donors (Lipinski definition) is 5. The smallest absolute Gasteiger partial charge is 0.247 e. The molecule has 5 atom stereocenters. The lowest BCUT2D eigenvalue weighted by atomic mass is 9.92. The Kier molecular flexibility index (Phi) is 10.5. The molecule has 208 valence electrons. The summed E-state index contributed by atoms with van der Waals surface area (Å²) in [6.45, 7) is 0.730. The Morgan fingerprint density at radius 1 is 0.974 bits per heavy atom. The van der Waals surface area contributed by atoms with E-state index in [9.17, 15) is 20.4 Å². The number of benzene rings is 1. The zero-order valence-electron chi connectivity index (χ0n) is 21.2. The summed E-state index contributed by atoms with van der Waals surface area (Å²) in [5.41, 5.74) is 8.25. The number of nitrogens with two attached hydrogens (primary N) is 1. The maximum Gasteiger partial charge on any atom is 0.247 e. The van der Waals surface area contributed by atoms with Gasteiger partial charge in [0.15, 0.2) is 11.2 Å². The van der Waals surface area contributed by atoms with E-state index < -0.39 is 37.1 Å². The maximum atomic E-state index is 10.1. The molecule has 4 rings (SSSR count). The molecule has 3 aromatic rings. The SMILES string of the molecule is Nc1nc(OCc2cccc([131I])c2)c2ncn(CCCCCCCC[C@@H]3O[C@H](CO)[C@@H](O)[C@H](O)[C@H]3O)c2n1. The number of hydrogen-bond acceptors (Lipinski definition) is 10. The molecule has 0 radical (unpaired) electrons. The van der Waals surface area contributed by atoms with Gasteiger partial charge in [-0.15, -0.1) is 0 Å². The van der Waals surface area contributed by atoms with Crippen molar-refractivity contribution in [3.63, 3.8) is 0 Å². The summed E-state index contributed by atoms with van der Waals surface area (Å²) in [4.78, 5) is 13.1. The third-order valence-electron chi connectivity index (χ3n) is 6.84. The minimum atomic E-state index is -1.30. The fourth-order valence-corrected chi connectivity index (χ4v) is 5.34. The van der Waals surface area contributed by atoms with E-state index in [1.54, 1.807) is 6.33 Å². The topological polar surface area (TPSA) is 169 Å². The Hall–Kier alpha value is -2.10. The number of nitrogens with zero attached hydrogens (tertiary/aromatic N) is 4. The highest BCUT2D eigenvalue weighted by atomic mass is 131. The average molecular weight is 646 g/mol. The van der Waals surface area contributed by atoms with Gasteiger partial charge < -0.3 is 40.2 Å². The number of aliphatic hydroxyl groups excluding tert-OH is 4. The quantitative estimate of drug-likeness (QED) is 0.137. The van der Waals surface area contributed by atoms with Gasteiger partial charge in [-0.1, -0.05) is 44.2 Å². The molecule has 3 heterocycles. The molecule has 0 amide bonds. The van der Waals surface area contributed by atoms with E-state index in [1.807, 2.05) is 22.8 Å². The second kappa shape index (κ2) is 13.8. The average Bonchev–Trinajstić information content (AvgIpc) is 3.31. The third-order valence-corrected chi connectivity index (χ3v) is 7.51. The molecule has 1 aliphatic heterocycles. The van der Waals surface area contributed by atoms with Crippen LogP contribution < -0.4 is 10.5 Å². The Bertz CT molecular complexity index is 1180. The lowest BCUT2D eigenvalue weighted by Crippen LogP contribution is -2.58. The first-order chi connectivity index (χ1) is 18.4. The Labute approximate surface area is 235 Å². The molecule has 0 bridgehead atoms. The first kappa shape index (κ1) is 28.9. The highest BCUT2D eigenvalue weighted by molar-refractivity contribution is 14.1. The lowest BCUT2D eigenvalue weighted by Gasteiger charge is -2.40. The van der Waals surface area contributed by atoms with E-state index in [2.05, 4.69) is 43.6 Å². The summed E-state index contributed by atoms with van der Waals surface area (Å²) in [7, 11) is 0. The molecular formula is C26H36IN5O6. The summed E-state index contributed by atoms with van der Waals surface area (Å²) in [5.74, 6) is 0.529. The Morgan fingerprint density at radius 3 is 2.47 bits per heavy atom. The number of rotatable bonds is 13. The number of nitrogen functional groups attached to an aromatic ring is 1. The summed E-state index contributed by atoms with van der Waals surface area (Å²) < 4.78 is 14.6. The highest BCUT2D eigenvalue weighted by Crippen LogP contribution is 2.26. The van der Waals surface area contributed by atoms with Crippen molar-refractivity contribution in [2.45, 2.75) is 88.6 Å². The van der Waals surface area contributed by atoms with Gasteiger partial charge in [-0.05, 0) is 53.1 Å². The number of aliphatic hydroxyl groups is 4. The number of imidazole rings is 1. The van der Waals surface area contributed by atoms with Gasteiger partial charge in [0.25, 0.3) is 0 Å². The van der Waals surface area contributed by atoms with Crippen LogP contribution in [0.15, 0.2) is 30.6 Å². The lowest BCUT2D eigenvalue weighted by molar-refractivity contribution is -0.230. The molecule has 0 aliphatic carbocycles. The fourth-order valence-electron chi connectivity index (χ4n) is 4.73. The summed E-state index contributed by atoms with van der Waals surface area (Å²) in [6.07, 6.45) is 3.02. The number of unbranched alkanes of at least 4 members (excludes halogenated alkanes) is 5. The van der Waals surface area contributed by atoms with Crippen molar-refractivity contribution in [3.05, 3.63) is 39.7 Å². The van der Waals surface area contributed by atoms with Gasteiger partial charge in [-0.2, -0.15) is 9.97 Å². The van der Waals surface area contributed by atoms with Crippen LogP contribution in [-0.4, -0.2) is 77.1 Å². The van der Waals surface area contributed by atoms with Gasteiger partial charge in [-0.3, -0.25) is 0 Å². The van der Waals surface area contributed by atoms with Gasteiger partial charge in [0.1, 0.15) is 31.0 Å². The molecule has 2 aromatic heterocycles. The molecule has 1 saturated heterocycles. The van der Waals surface area contributed by atoms with Crippen LogP contribution >= 0.6 is 22.6 Å². The molecule has 1 aromatic carbocycles. The predicted octanol–water partition coefficient (Wildman–Crippen LogP) is 2.17. The second-order valence-electron chi connectivity index (χ2n) is 9.69. The molecule has 0 unspecified atom stereocenters. The third kappa shape index (κ3) is 7.30. The molecular weight excluding hydrogens is 609 g/mol. The Balaban J connectivity index is 1.18. The van der Waals surface area contributed by atoms with Gasteiger partial charge in [0, 0.05) is 10.1 Å². The molecule has 1 aliphatic rings. The number of aryl methyl sites for hydroxylation is 1. The molecule has 38 heavy (non-hydrogen) atoms. The van der Waals surface area contributed by atoms with Gasteiger partial charge in [0.05, 0.1) is 19.0 Å². The van der Waals surface area contributed by atoms with Crippen molar-refractivity contribution in [1.82, 2.24) is 19.5 Å². The second-order valence-corrected chi connectivity index (χ2v) is 10.9. The minimum Gasteiger partial charge on any atom is -0.471 e. The molecule has 1 fully saturated rings. The zero-order valence-corrected chi connectivity index (χ0v) is 23.4. The normalized spacial score (nSPS) is 23.7. The van der Waals surface area contributed by atoms with Gasteiger partial charge >= 0.3 is 0 Å². The summed E-state index contributed by atoms with van der Waals surface area (Å²) in [6, 6.07) is 8.06. The van der Waals surface area contributed by atoms with Crippen molar-refractivity contribution in [2.24, 2.45) is 0 Å². The van der Waals surface area contributed by atoms with Gasteiger partial charge in [-0.25, -0.2) is 4.98 Å². The molecule has 0 saturated carbocycles. The summed E-state index contributed by atoms with van der Waals surface area (Å²) in [5, 5.41) is 39.2. The van der Waals surface area contributed by atoms with Crippen LogP contribution in [0.25, 0.3) is 11.2 Å². The van der Waals surface area contributed by atoms with E-state index in [0.717, 1.165) is 54.2 Å². The van der Waals surface area contributed by atoms with Crippen molar-refractivity contribution in [1.29, 1.82) is 0 Å². The minimum absolute atomic E-state index is 0.149. The monoisotopic (exact) mass is 645 g/mol. The Morgan fingerprint density at radius 2 is 1.71 bits per heavy atom. The fraction of sp³-hybridized carbons (Fsp3) is 0.577. The number of ether oxygens (including phenoxy) is 2. The van der Waals surface area contributed by atoms with Crippen molar-refractivity contribution < 1.29 is 29.9 Å². The summed E-state index contributed by atoms with van der Waals surface area (Å²) >= 11 is 2.27. The largest absolute Gasteiger partial charge is 0.471 e. The van der Waals surface area contributed by atoms with Crippen LogP contribution in [0.2, 0.25) is 0 Å². The number of fused-ring (bicyclic) bond motifs is 1.